The largest absolute Gasteiger partial charge is 0.497 e. The van der Waals surface area contributed by atoms with Gasteiger partial charge in [-0.15, -0.1) is 11.3 Å². The monoisotopic (exact) mass is 335 g/mol. The average Bonchev–Trinajstić information content (AvgIpc) is 3.04. The van der Waals surface area contributed by atoms with Crippen molar-refractivity contribution in [3.05, 3.63) is 29.6 Å². The first kappa shape index (κ1) is 15.2. The molecule has 0 atom stereocenters. The van der Waals surface area contributed by atoms with Crippen LogP contribution in [0.25, 0.3) is 11.3 Å². The summed E-state index contributed by atoms with van der Waals surface area (Å²) >= 11 is 3.32. The minimum atomic E-state index is -0.0631. The zero-order valence-electron chi connectivity index (χ0n) is 12.2. The number of hydrogen-bond donors (Lipinski definition) is 1. The van der Waals surface area contributed by atoms with Crippen LogP contribution in [0.15, 0.2) is 29.6 Å². The summed E-state index contributed by atoms with van der Waals surface area (Å²) in [5.74, 6) is 2.79. The van der Waals surface area contributed by atoms with Crippen LogP contribution in [-0.4, -0.2) is 47.6 Å². The van der Waals surface area contributed by atoms with Crippen LogP contribution in [0.3, 0.4) is 0 Å². The number of nitrogens with zero attached hydrogens (tertiary/aromatic N) is 2. The van der Waals surface area contributed by atoms with Crippen molar-refractivity contribution in [1.82, 2.24) is 9.88 Å². The molecule has 0 saturated carbocycles. The summed E-state index contributed by atoms with van der Waals surface area (Å²) in [5, 5.41) is 5.45. The molecule has 1 saturated heterocycles. The minimum Gasteiger partial charge on any atom is -0.497 e. The van der Waals surface area contributed by atoms with E-state index in [0.29, 0.717) is 5.13 Å². The van der Waals surface area contributed by atoms with Crippen molar-refractivity contribution < 1.29 is 9.53 Å². The first-order valence-corrected chi connectivity index (χ1v) is 9.03. The van der Waals surface area contributed by atoms with Gasteiger partial charge in [0.15, 0.2) is 5.13 Å². The SMILES string of the molecule is COc1cccc(-c2csc(NC(=O)N3CCSCC3)n2)c1. The van der Waals surface area contributed by atoms with E-state index in [1.54, 1.807) is 7.11 Å². The normalized spacial score (nSPS) is 14.7. The number of carbonyl (C=O) groups excluding carboxylic acids is 1. The van der Waals surface area contributed by atoms with Crippen molar-refractivity contribution in [2.45, 2.75) is 0 Å². The van der Waals surface area contributed by atoms with Crippen molar-refractivity contribution in [2.24, 2.45) is 0 Å². The number of nitrogens with one attached hydrogen (secondary N) is 1. The molecule has 116 valence electrons. The van der Waals surface area contributed by atoms with Gasteiger partial charge in [-0.05, 0) is 12.1 Å². The van der Waals surface area contributed by atoms with Crippen LogP contribution >= 0.6 is 23.1 Å². The third kappa shape index (κ3) is 3.53. The maximum absolute atomic E-state index is 12.2. The molecular weight excluding hydrogens is 318 g/mol. The average molecular weight is 335 g/mol. The zero-order chi connectivity index (χ0) is 15.4. The Hall–Kier alpha value is -1.73. The number of aromatic nitrogens is 1. The Morgan fingerprint density at radius 3 is 2.95 bits per heavy atom. The molecule has 7 heteroatoms. The number of amides is 2. The molecule has 0 radical (unpaired) electrons. The Kier molecular flexibility index (Phi) is 4.84. The highest BCUT2D eigenvalue weighted by atomic mass is 32.2. The summed E-state index contributed by atoms with van der Waals surface area (Å²) in [6.07, 6.45) is 0. The van der Waals surface area contributed by atoms with E-state index >= 15 is 0 Å². The molecule has 0 unspecified atom stereocenters. The van der Waals surface area contributed by atoms with Crippen LogP contribution in [0, 0.1) is 0 Å². The molecule has 1 aliphatic rings. The van der Waals surface area contributed by atoms with Crippen LogP contribution in [0.4, 0.5) is 9.93 Å². The molecular formula is C15H17N3O2S2. The van der Waals surface area contributed by atoms with Gasteiger partial charge < -0.3 is 9.64 Å². The van der Waals surface area contributed by atoms with E-state index in [9.17, 15) is 4.79 Å². The third-order valence-corrected chi connectivity index (χ3v) is 5.08. The van der Waals surface area contributed by atoms with E-state index in [2.05, 4.69) is 10.3 Å². The molecule has 1 N–H and O–H groups in total. The van der Waals surface area contributed by atoms with Gasteiger partial charge in [-0.2, -0.15) is 11.8 Å². The summed E-state index contributed by atoms with van der Waals surface area (Å²) in [7, 11) is 1.64. The number of methoxy groups -OCH3 is 1. The van der Waals surface area contributed by atoms with Crippen LogP contribution in [0.5, 0.6) is 5.75 Å². The van der Waals surface area contributed by atoms with Gasteiger partial charge in [-0.1, -0.05) is 12.1 Å². The highest BCUT2D eigenvalue weighted by molar-refractivity contribution is 7.99. The molecule has 1 aliphatic heterocycles. The lowest BCUT2D eigenvalue weighted by molar-refractivity contribution is 0.217. The van der Waals surface area contributed by atoms with Crippen molar-refractivity contribution in [3.63, 3.8) is 0 Å². The number of carbonyl (C=O) groups is 1. The van der Waals surface area contributed by atoms with Crippen LogP contribution in [0.2, 0.25) is 0 Å². The van der Waals surface area contributed by atoms with Crippen molar-refractivity contribution in [1.29, 1.82) is 0 Å². The van der Waals surface area contributed by atoms with Gasteiger partial charge >= 0.3 is 6.03 Å². The first-order valence-electron chi connectivity index (χ1n) is 7.00. The second kappa shape index (κ2) is 7.02. The molecule has 3 rings (SSSR count). The van der Waals surface area contributed by atoms with Crippen LogP contribution in [-0.2, 0) is 0 Å². The van der Waals surface area contributed by atoms with Gasteiger partial charge in [0.2, 0.25) is 0 Å². The third-order valence-electron chi connectivity index (χ3n) is 3.38. The van der Waals surface area contributed by atoms with E-state index in [-0.39, 0.29) is 6.03 Å². The fraction of sp³-hybridized carbons (Fsp3) is 0.333. The molecule has 0 bridgehead atoms. The van der Waals surface area contributed by atoms with E-state index < -0.39 is 0 Å². The molecule has 1 aromatic carbocycles. The number of hydrogen-bond acceptors (Lipinski definition) is 5. The Morgan fingerprint density at radius 2 is 2.18 bits per heavy atom. The summed E-state index contributed by atoms with van der Waals surface area (Å²) < 4.78 is 5.22. The second-order valence-corrected chi connectivity index (χ2v) is 6.88. The number of anilines is 1. The second-order valence-electron chi connectivity index (χ2n) is 4.80. The Labute approximate surface area is 137 Å². The summed E-state index contributed by atoms with van der Waals surface area (Å²) in [4.78, 5) is 18.5. The standard InChI is InChI=1S/C15H17N3O2S2/c1-20-12-4-2-3-11(9-12)13-10-22-14(16-13)17-15(19)18-5-7-21-8-6-18/h2-4,9-10H,5-8H2,1H3,(H,16,17,19). The number of urea groups is 1. The predicted molar refractivity (Wildman–Crippen MR) is 92.0 cm³/mol. The number of ether oxygens (including phenoxy) is 1. The lowest BCUT2D eigenvalue weighted by atomic mass is 10.2. The lowest BCUT2D eigenvalue weighted by Crippen LogP contribution is -2.40. The van der Waals surface area contributed by atoms with Crippen molar-refractivity contribution in [3.8, 4) is 17.0 Å². The van der Waals surface area contributed by atoms with E-state index in [0.717, 1.165) is 41.6 Å². The molecule has 2 amide bonds. The molecule has 1 aromatic heterocycles. The lowest BCUT2D eigenvalue weighted by Gasteiger charge is -2.25. The molecule has 5 nitrogen and oxygen atoms in total. The molecule has 1 fully saturated rings. The highest BCUT2D eigenvalue weighted by Gasteiger charge is 2.17. The smallest absolute Gasteiger partial charge is 0.323 e. The van der Waals surface area contributed by atoms with Gasteiger partial charge in [0.05, 0.1) is 12.8 Å². The summed E-state index contributed by atoms with van der Waals surface area (Å²) in [5.41, 5.74) is 1.82. The maximum Gasteiger partial charge on any atom is 0.323 e. The molecule has 2 heterocycles. The van der Waals surface area contributed by atoms with Gasteiger partial charge in [-0.25, -0.2) is 9.78 Å². The van der Waals surface area contributed by atoms with Crippen LogP contribution in [0.1, 0.15) is 0 Å². The van der Waals surface area contributed by atoms with Gasteiger partial charge in [0, 0.05) is 35.5 Å². The Balaban J connectivity index is 1.69. The van der Waals surface area contributed by atoms with Gasteiger partial charge in [-0.3, -0.25) is 5.32 Å². The quantitative estimate of drug-likeness (QED) is 0.934. The zero-order valence-corrected chi connectivity index (χ0v) is 13.9. The van der Waals surface area contributed by atoms with E-state index in [1.807, 2.05) is 46.3 Å². The fourth-order valence-corrected chi connectivity index (χ4v) is 3.80. The maximum atomic E-state index is 12.2. The van der Waals surface area contributed by atoms with E-state index in [1.165, 1.54) is 11.3 Å². The first-order chi connectivity index (χ1) is 10.8. The van der Waals surface area contributed by atoms with E-state index in [4.69, 9.17) is 4.74 Å². The number of rotatable bonds is 3. The number of thiazole rings is 1. The van der Waals surface area contributed by atoms with Crippen molar-refractivity contribution in [2.75, 3.05) is 37.0 Å². The van der Waals surface area contributed by atoms with Crippen molar-refractivity contribution >= 4 is 34.3 Å². The Bertz CT molecular complexity index is 654. The van der Waals surface area contributed by atoms with Crippen LogP contribution < -0.4 is 10.1 Å². The fourth-order valence-electron chi connectivity index (χ4n) is 2.18. The summed E-state index contributed by atoms with van der Waals surface area (Å²) in [6, 6.07) is 7.67. The predicted octanol–water partition coefficient (Wildman–Crippen LogP) is 3.40. The highest BCUT2D eigenvalue weighted by Crippen LogP contribution is 2.27. The summed E-state index contributed by atoms with van der Waals surface area (Å²) in [6.45, 7) is 1.59. The molecule has 22 heavy (non-hydrogen) atoms. The molecule has 0 spiro atoms. The number of benzene rings is 1. The Morgan fingerprint density at radius 1 is 1.36 bits per heavy atom. The molecule has 0 aliphatic carbocycles. The topological polar surface area (TPSA) is 54.5 Å². The molecule has 2 aromatic rings. The minimum absolute atomic E-state index is 0.0631. The van der Waals surface area contributed by atoms with Gasteiger partial charge in [0.1, 0.15) is 5.75 Å². The van der Waals surface area contributed by atoms with Gasteiger partial charge in [0.25, 0.3) is 0 Å². The number of thioether (sulfide) groups is 1.